The van der Waals surface area contributed by atoms with Gasteiger partial charge in [0, 0.05) is 19.6 Å². The van der Waals surface area contributed by atoms with Gasteiger partial charge in [0.25, 0.3) is 0 Å². The number of hydrogen-bond acceptors (Lipinski definition) is 6. The number of ether oxygens (including phenoxy) is 4. The molecule has 28 heavy (non-hydrogen) atoms. The molecule has 0 spiro atoms. The van der Waals surface area contributed by atoms with Gasteiger partial charge in [-0.2, -0.15) is 8.78 Å². The number of alkyl halides is 4. The molecule has 2 rings (SSSR count). The van der Waals surface area contributed by atoms with Gasteiger partial charge >= 0.3 is 12.3 Å². The second-order valence-corrected chi connectivity index (χ2v) is 6.44. The molecule has 0 saturated carbocycles. The van der Waals surface area contributed by atoms with Crippen LogP contribution in [0.3, 0.4) is 0 Å². The van der Waals surface area contributed by atoms with E-state index in [-0.39, 0.29) is 19.3 Å². The number of benzene rings is 1. The topological polar surface area (TPSA) is 60.4 Å². The molecule has 10 heteroatoms. The van der Waals surface area contributed by atoms with Crippen LogP contribution in [-0.2, 0) is 9.47 Å². The van der Waals surface area contributed by atoms with Crippen molar-refractivity contribution in [3.8, 4) is 11.5 Å². The van der Waals surface area contributed by atoms with E-state index in [0.29, 0.717) is 31.2 Å². The van der Waals surface area contributed by atoms with Gasteiger partial charge < -0.3 is 24.1 Å². The minimum Gasteiger partial charge on any atom is -0.493 e. The Morgan fingerprint density at radius 1 is 1.29 bits per heavy atom. The second kappa shape index (κ2) is 10.8. The molecule has 0 radical (unpaired) electrons. The quantitative estimate of drug-likeness (QED) is 0.563. The van der Waals surface area contributed by atoms with Crippen molar-refractivity contribution in [2.75, 3.05) is 53.2 Å². The van der Waals surface area contributed by atoms with Crippen molar-refractivity contribution in [2.24, 2.45) is 0 Å². The Balaban J connectivity index is 1.72. The first-order valence-corrected chi connectivity index (χ1v) is 8.83. The molecular formula is C18H25F4NO5. The Bertz CT molecular complexity index is 593. The minimum atomic E-state index is -4.22. The summed E-state index contributed by atoms with van der Waals surface area (Å²) in [5.41, 5.74) is 0. The van der Waals surface area contributed by atoms with Gasteiger partial charge in [-0.15, -0.1) is 0 Å². The monoisotopic (exact) mass is 411 g/mol. The molecule has 2 atom stereocenters. The number of aliphatic hydroxyl groups excluding tert-OH is 1. The van der Waals surface area contributed by atoms with Gasteiger partial charge in [0.15, 0.2) is 11.5 Å². The Morgan fingerprint density at radius 2 is 2.00 bits per heavy atom. The van der Waals surface area contributed by atoms with Crippen molar-refractivity contribution in [1.82, 2.24) is 4.90 Å². The summed E-state index contributed by atoms with van der Waals surface area (Å²) in [5, 5.41) is 9.91. The van der Waals surface area contributed by atoms with E-state index in [1.807, 2.05) is 17.0 Å². The van der Waals surface area contributed by atoms with Crippen LogP contribution >= 0.6 is 0 Å². The third kappa shape index (κ3) is 7.08. The lowest BCUT2D eigenvalue weighted by Crippen LogP contribution is -2.48. The maximum atomic E-state index is 12.8. The van der Waals surface area contributed by atoms with Gasteiger partial charge in [-0.1, -0.05) is 12.1 Å². The summed E-state index contributed by atoms with van der Waals surface area (Å²) >= 11 is 0. The number of nitrogens with zero attached hydrogens (tertiary/aromatic N) is 1. The first kappa shape index (κ1) is 22.7. The number of hydrogen-bond donors (Lipinski definition) is 1. The standard InChI is InChI=1S/C18H25F4NO5/c1-25-15-4-2-3-5-16(15)28-11-14-9-23(6-7-27-14)8-13(24)10-26-12-18(21,22)17(19)20/h2-5,13-14,17,24H,6-12H2,1H3/t13-,14+/m1/s1. The van der Waals surface area contributed by atoms with E-state index in [1.165, 1.54) is 0 Å². The van der Waals surface area contributed by atoms with Gasteiger partial charge in [-0.3, -0.25) is 4.90 Å². The van der Waals surface area contributed by atoms with E-state index >= 15 is 0 Å². The number of β-amino-alcohol motifs (C(OH)–C–C–N with tert-alkyl or cyclic N) is 1. The van der Waals surface area contributed by atoms with Gasteiger partial charge in [-0.05, 0) is 12.1 Å². The number of aliphatic hydroxyl groups is 1. The average molecular weight is 411 g/mol. The minimum absolute atomic E-state index is 0.148. The number of rotatable bonds is 11. The fraction of sp³-hybridized carbons (Fsp3) is 0.667. The zero-order valence-electron chi connectivity index (χ0n) is 15.5. The Hall–Kier alpha value is -1.62. The molecular weight excluding hydrogens is 386 g/mol. The zero-order valence-corrected chi connectivity index (χ0v) is 15.5. The highest BCUT2D eigenvalue weighted by molar-refractivity contribution is 5.39. The van der Waals surface area contributed by atoms with Crippen molar-refractivity contribution in [2.45, 2.75) is 24.6 Å². The number of halogens is 4. The molecule has 0 aromatic heterocycles. The number of para-hydroxylation sites is 2. The molecule has 0 unspecified atom stereocenters. The summed E-state index contributed by atoms with van der Waals surface area (Å²) in [7, 11) is 1.54. The van der Waals surface area contributed by atoms with Crippen LogP contribution in [0.25, 0.3) is 0 Å². The second-order valence-electron chi connectivity index (χ2n) is 6.44. The van der Waals surface area contributed by atoms with Crippen LogP contribution in [0.1, 0.15) is 0 Å². The van der Waals surface area contributed by atoms with Crippen LogP contribution in [-0.4, -0.2) is 87.7 Å². The largest absolute Gasteiger partial charge is 0.493 e. The molecule has 1 aliphatic heterocycles. The molecule has 0 aliphatic carbocycles. The van der Waals surface area contributed by atoms with Crippen molar-refractivity contribution in [1.29, 1.82) is 0 Å². The van der Waals surface area contributed by atoms with Crippen molar-refractivity contribution in [3.05, 3.63) is 24.3 Å². The Kier molecular flexibility index (Phi) is 8.74. The highest BCUT2D eigenvalue weighted by Crippen LogP contribution is 2.26. The summed E-state index contributed by atoms with van der Waals surface area (Å²) in [4.78, 5) is 1.87. The van der Waals surface area contributed by atoms with Crippen molar-refractivity contribution >= 4 is 0 Å². The van der Waals surface area contributed by atoms with E-state index in [2.05, 4.69) is 4.74 Å². The Morgan fingerprint density at radius 3 is 2.68 bits per heavy atom. The molecule has 1 fully saturated rings. The smallest absolute Gasteiger partial charge is 0.330 e. The maximum absolute atomic E-state index is 12.8. The van der Waals surface area contributed by atoms with E-state index in [9.17, 15) is 22.7 Å². The SMILES string of the molecule is COc1ccccc1OC[C@@H]1CN(C[C@@H](O)COCC(F)(F)C(F)F)CCO1. The highest BCUT2D eigenvalue weighted by Gasteiger charge is 2.41. The maximum Gasteiger partial charge on any atom is 0.330 e. The van der Waals surface area contributed by atoms with E-state index in [1.54, 1.807) is 19.2 Å². The predicted molar refractivity (Wildman–Crippen MR) is 92.4 cm³/mol. The van der Waals surface area contributed by atoms with Crippen LogP contribution in [0.15, 0.2) is 24.3 Å². The molecule has 0 bridgehead atoms. The van der Waals surface area contributed by atoms with Crippen LogP contribution < -0.4 is 9.47 Å². The predicted octanol–water partition coefficient (Wildman–Crippen LogP) is 2.05. The first-order chi connectivity index (χ1) is 13.3. The summed E-state index contributed by atoms with van der Waals surface area (Å²) in [6, 6.07) is 7.19. The molecule has 1 heterocycles. The fourth-order valence-corrected chi connectivity index (χ4v) is 2.71. The van der Waals surface area contributed by atoms with Crippen LogP contribution in [0.5, 0.6) is 11.5 Å². The highest BCUT2D eigenvalue weighted by atomic mass is 19.3. The van der Waals surface area contributed by atoms with Gasteiger partial charge in [0.2, 0.25) is 0 Å². The Labute approximate surface area is 160 Å². The summed E-state index contributed by atoms with van der Waals surface area (Å²) < 4.78 is 70.8. The van der Waals surface area contributed by atoms with E-state index in [4.69, 9.17) is 14.2 Å². The van der Waals surface area contributed by atoms with Crippen LogP contribution in [0.2, 0.25) is 0 Å². The van der Waals surface area contributed by atoms with Gasteiger partial charge in [-0.25, -0.2) is 8.78 Å². The summed E-state index contributed by atoms with van der Waals surface area (Å²) in [6.07, 6.45) is -5.13. The van der Waals surface area contributed by atoms with Crippen molar-refractivity contribution < 1.29 is 41.6 Å². The lowest BCUT2D eigenvalue weighted by atomic mass is 10.2. The summed E-state index contributed by atoms with van der Waals surface area (Å²) in [6.45, 7) is -0.0626. The van der Waals surface area contributed by atoms with E-state index in [0.717, 1.165) is 0 Å². The fourth-order valence-electron chi connectivity index (χ4n) is 2.71. The third-order valence-electron chi connectivity index (χ3n) is 4.11. The molecule has 160 valence electrons. The number of methoxy groups -OCH3 is 1. The first-order valence-electron chi connectivity index (χ1n) is 8.83. The van der Waals surface area contributed by atoms with Gasteiger partial charge in [0.1, 0.15) is 19.3 Å². The number of morpholine rings is 1. The molecule has 1 saturated heterocycles. The molecule has 1 N–H and O–H groups in total. The van der Waals surface area contributed by atoms with Gasteiger partial charge in [0.05, 0.1) is 26.4 Å². The van der Waals surface area contributed by atoms with Crippen LogP contribution in [0.4, 0.5) is 17.6 Å². The zero-order chi connectivity index (χ0) is 20.6. The lowest BCUT2D eigenvalue weighted by Gasteiger charge is -2.34. The molecule has 1 aromatic carbocycles. The summed E-state index contributed by atoms with van der Waals surface area (Å²) in [5.74, 6) is -3.04. The third-order valence-corrected chi connectivity index (χ3v) is 4.11. The van der Waals surface area contributed by atoms with Crippen LogP contribution in [0, 0.1) is 0 Å². The van der Waals surface area contributed by atoms with Crippen molar-refractivity contribution in [3.63, 3.8) is 0 Å². The molecule has 1 aliphatic rings. The normalized spacial score (nSPS) is 19.6. The average Bonchev–Trinajstić information content (AvgIpc) is 2.66. The molecule has 0 amide bonds. The lowest BCUT2D eigenvalue weighted by molar-refractivity contribution is -0.171. The molecule has 6 nitrogen and oxygen atoms in total. The van der Waals surface area contributed by atoms with E-state index < -0.39 is 31.7 Å². The molecule has 1 aromatic rings.